The van der Waals surface area contributed by atoms with Crippen molar-refractivity contribution in [1.82, 2.24) is 4.57 Å². The minimum Gasteiger partial charge on any atom is -0.495 e. The number of hydrogen-bond donors (Lipinski definition) is 0. The zero-order valence-corrected chi connectivity index (χ0v) is 15.9. The minimum atomic E-state index is -0.644. The standard InChI is InChI=1S/C18H14ClFN2O4S/c1-25-13-7-6-12(19)16-15(13)22(9-14(23)26-2)18(27-16)21-17(24)10-4-3-5-11(20)8-10/h3-8H,9H2,1-2H3. The van der Waals surface area contributed by atoms with Gasteiger partial charge in [-0.1, -0.05) is 29.0 Å². The molecule has 3 rings (SSSR count). The van der Waals surface area contributed by atoms with E-state index in [0.29, 0.717) is 21.0 Å². The van der Waals surface area contributed by atoms with Gasteiger partial charge in [0.1, 0.15) is 23.6 Å². The summed E-state index contributed by atoms with van der Waals surface area (Å²) in [5.74, 6) is -1.25. The van der Waals surface area contributed by atoms with E-state index in [2.05, 4.69) is 4.99 Å². The van der Waals surface area contributed by atoms with Gasteiger partial charge in [-0.15, -0.1) is 0 Å². The number of nitrogens with zero attached hydrogens (tertiary/aromatic N) is 2. The maximum atomic E-state index is 13.4. The van der Waals surface area contributed by atoms with Gasteiger partial charge in [-0.3, -0.25) is 9.59 Å². The molecule has 0 aliphatic carbocycles. The fourth-order valence-corrected chi connectivity index (χ4v) is 3.80. The van der Waals surface area contributed by atoms with Crippen molar-refractivity contribution < 1.29 is 23.5 Å². The van der Waals surface area contributed by atoms with Crippen LogP contribution < -0.4 is 9.54 Å². The minimum absolute atomic E-state index is 0.0927. The average Bonchev–Trinajstić information content (AvgIpc) is 3.01. The second kappa shape index (κ2) is 7.89. The van der Waals surface area contributed by atoms with Gasteiger partial charge < -0.3 is 14.0 Å². The third kappa shape index (κ3) is 3.86. The van der Waals surface area contributed by atoms with Crippen LogP contribution in [0.5, 0.6) is 5.75 Å². The molecule has 27 heavy (non-hydrogen) atoms. The fourth-order valence-electron chi connectivity index (χ4n) is 2.48. The maximum absolute atomic E-state index is 13.4. The molecule has 0 spiro atoms. The normalized spacial score (nSPS) is 11.6. The summed E-state index contributed by atoms with van der Waals surface area (Å²) in [5, 5.41) is 0.425. The first-order valence-corrected chi connectivity index (χ1v) is 8.91. The number of rotatable bonds is 4. The van der Waals surface area contributed by atoms with Crippen molar-refractivity contribution in [3.05, 3.63) is 57.6 Å². The number of carbonyl (C=O) groups excluding carboxylic acids is 2. The Bertz CT molecular complexity index is 1110. The lowest BCUT2D eigenvalue weighted by atomic mass is 10.2. The molecular weight excluding hydrogens is 395 g/mol. The lowest BCUT2D eigenvalue weighted by molar-refractivity contribution is -0.141. The molecule has 2 aromatic carbocycles. The molecule has 0 radical (unpaired) electrons. The van der Waals surface area contributed by atoms with Gasteiger partial charge in [0.05, 0.1) is 23.9 Å². The molecule has 0 aliphatic heterocycles. The molecule has 1 heterocycles. The Labute approximate surface area is 162 Å². The highest BCUT2D eigenvalue weighted by Gasteiger charge is 2.18. The Morgan fingerprint density at radius 2 is 2.04 bits per heavy atom. The first kappa shape index (κ1) is 19.1. The van der Waals surface area contributed by atoms with Crippen LogP contribution in [-0.4, -0.2) is 30.7 Å². The van der Waals surface area contributed by atoms with Crippen molar-refractivity contribution in [3.63, 3.8) is 0 Å². The first-order valence-electron chi connectivity index (χ1n) is 7.72. The van der Waals surface area contributed by atoms with E-state index in [1.807, 2.05) is 0 Å². The maximum Gasteiger partial charge on any atom is 0.325 e. The number of ether oxygens (including phenoxy) is 2. The van der Waals surface area contributed by atoms with E-state index in [1.165, 1.54) is 37.0 Å². The van der Waals surface area contributed by atoms with E-state index in [0.717, 1.165) is 17.4 Å². The van der Waals surface area contributed by atoms with E-state index in [1.54, 1.807) is 12.1 Å². The molecule has 0 fully saturated rings. The summed E-state index contributed by atoms with van der Waals surface area (Å²) in [6, 6.07) is 8.52. The van der Waals surface area contributed by atoms with Crippen LogP contribution in [0.3, 0.4) is 0 Å². The molecule has 0 unspecified atom stereocenters. The Morgan fingerprint density at radius 1 is 1.26 bits per heavy atom. The largest absolute Gasteiger partial charge is 0.495 e. The number of methoxy groups -OCH3 is 2. The average molecular weight is 409 g/mol. The van der Waals surface area contributed by atoms with Gasteiger partial charge in [-0.25, -0.2) is 4.39 Å². The van der Waals surface area contributed by atoms with Gasteiger partial charge in [-0.05, 0) is 30.3 Å². The predicted octanol–water partition coefficient (Wildman–Crippen LogP) is 3.42. The lowest BCUT2D eigenvalue weighted by Gasteiger charge is -2.08. The second-order valence-corrected chi connectivity index (χ2v) is 6.79. The Hall–Kier alpha value is -2.71. The number of carbonyl (C=O) groups is 2. The van der Waals surface area contributed by atoms with Crippen molar-refractivity contribution in [2.24, 2.45) is 4.99 Å². The zero-order chi connectivity index (χ0) is 19.6. The Morgan fingerprint density at radius 3 is 2.70 bits per heavy atom. The van der Waals surface area contributed by atoms with Crippen molar-refractivity contribution in [2.45, 2.75) is 6.54 Å². The quantitative estimate of drug-likeness (QED) is 0.620. The van der Waals surface area contributed by atoms with Gasteiger partial charge in [-0.2, -0.15) is 4.99 Å². The number of aromatic nitrogens is 1. The van der Waals surface area contributed by atoms with Crippen LogP contribution in [0.1, 0.15) is 10.4 Å². The number of fused-ring (bicyclic) bond motifs is 1. The summed E-state index contributed by atoms with van der Waals surface area (Å²) in [6.07, 6.45) is 0. The Kier molecular flexibility index (Phi) is 5.57. The molecule has 0 saturated carbocycles. The van der Waals surface area contributed by atoms with Gasteiger partial charge in [0, 0.05) is 5.56 Å². The van der Waals surface area contributed by atoms with Gasteiger partial charge in [0.2, 0.25) is 0 Å². The molecule has 0 bridgehead atoms. The van der Waals surface area contributed by atoms with Crippen LogP contribution in [0, 0.1) is 5.82 Å². The number of hydrogen-bond acceptors (Lipinski definition) is 5. The smallest absolute Gasteiger partial charge is 0.325 e. The molecule has 9 heteroatoms. The van der Waals surface area contributed by atoms with Crippen molar-refractivity contribution in [2.75, 3.05) is 14.2 Å². The van der Waals surface area contributed by atoms with E-state index >= 15 is 0 Å². The van der Waals surface area contributed by atoms with Crippen LogP contribution in [0.15, 0.2) is 41.4 Å². The monoisotopic (exact) mass is 408 g/mol. The Balaban J connectivity index is 2.25. The third-order valence-corrected chi connectivity index (χ3v) is 5.28. The number of amides is 1. The van der Waals surface area contributed by atoms with Gasteiger partial charge in [0.15, 0.2) is 4.80 Å². The molecule has 0 atom stereocenters. The highest BCUT2D eigenvalue weighted by Crippen LogP contribution is 2.33. The summed E-state index contributed by atoms with van der Waals surface area (Å²) in [4.78, 5) is 28.6. The molecule has 0 aliphatic rings. The van der Waals surface area contributed by atoms with Crippen LogP contribution >= 0.6 is 22.9 Å². The van der Waals surface area contributed by atoms with E-state index in [9.17, 15) is 14.0 Å². The highest BCUT2D eigenvalue weighted by atomic mass is 35.5. The third-order valence-electron chi connectivity index (χ3n) is 3.74. The van der Waals surface area contributed by atoms with Crippen molar-refractivity contribution in [3.8, 4) is 5.75 Å². The molecule has 1 amide bonds. The SMILES string of the molecule is COC(=O)Cn1c(=NC(=O)c2cccc(F)c2)sc2c(Cl)ccc(OC)c21. The van der Waals surface area contributed by atoms with Crippen LogP contribution in [0.2, 0.25) is 5.02 Å². The molecule has 1 aromatic heterocycles. The summed E-state index contributed by atoms with van der Waals surface area (Å²) >= 11 is 7.39. The summed E-state index contributed by atoms with van der Waals surface area (Å²) in [7, 11) is 2.74. The number of thiazole rings is 1. The summed E-state index contributed by atoms with van der Waals surface area (Å²) < 4.78 is 25.6. The summed E-state index contributed by atoms with van der Waals surface area (Å²) in [5.41, 5.74) is 0.612. The molecule has 140 valence electrons. The first-order chi connectivity index (χ1) is 12.9. The summed E-state index contributed by atoms with van der Waals surface area (Å²) in [6.45, 7) is -0.192. The van der Waals surface area contributed by atoms with E-state index in [-0.39, 0.29) is 16.9 Å². The molecular formula is C18H14ClFN2O4S. The van der Waals surface area contributed by atoms with Crippen molar-refractivity contribution in [1.29, 1.82) is 0 Å². The second-order valence-electron chi connectivity index (χ2n) is 5.40. The number of benzene rings is 2. The predicted molar refractivity (Wildman–Crippen MR) is 99.7 cm³/mol. The molecule has 0 N–H and O–H groups in total. The molecule has 3 aromatic rings. The fraction of sp³-hybridized carbons (Fsp3) is 0.167. The number of halogens is 2. The molecule has 6 nitrogen and oxygen atoms in total. The van der Waals surface area contributed by atoms with E-state index in [4.69, 9.17) is 21.1 Å². The van der Waals surface area contributed by atoms with E-state index < -0.39 is 17.7 Å². The van der Waals surface area contributed by atoms with Crippen molar-refractivity contribution >= 4 is 45.0 Å². The molecule has 0 saturated heterocycles. The topological polar surface area (TPSA) is 69.9 Å². The zero-order valence-electron chi connectivity index (χ0n) is 14.4. The number of esters is 1. The van der Waals surface area contributed by atoms with Gasteiger partial charge >= 0.3 is 5.97 Å². The van der Waals surface area contributed by atoms with Crippen LogP contribution in [-0.2, 0) is 16.1 Å². The van der Waals surface area contributed by atoms with Gasteiger partial charge in [0.25, 0.3) is 5.91 Å². The lowest BCUT2D eigenvalue weighted by Crippen LogP contribution is -2.22. The highest BCUT2D eigenvalue weighted by molar-refractivity contribution is 7.17. The van der Waals surface area contributed by atoms with Crippen LogP contribution in [0.25, 0.3) is 10.2 Å². The van der Waals surface area contributed by atoms with Crippen LogP contribution in [0.4, 0.5) is 4.39 Å².